The molecular formula is C20H24B2F2N2O4. The van der Waals surface area contributed by atoms with Gasteiger partial charge in [0.25, 0.3) is 0 Å². The molecule has 0 radical (unpaired) electrons. The lowest BCUT2D eigenvalue weighted by Crippen LogP contribution is -2.40. The molecule has 0 amide bonds. The summed E-state index contributed by atoms with van der Waals surface area (Å²) >= 11 is 0. The van der Waals surface area contributed by atoms with Crippen LogP contribution in [0.3, 0.4) is 0 Å². The highest BCUT2D eigenvalue weighted by Crippen LogP contribution is 2.14. The molecule has 30 heavy (non-hydrogen) atoms. The quantitative estimate of drug-likeness (QED) is 0.567. The van der Waals surface area contributed by atoms with Crippen LogP contribution in [-0.4, -0.2) is 58.5 Å². The fraction of sp³-hybridized carbons (Fsp3) is 0.400. The summed E-state index contributed by atoms with van der Waals surface area (Å²) in [6.07, 6.45) is 0. The summed E-state index contributed by atoms with van der Waals surface area (Å²) in [7, 11) is -0.944. The summed E-state index contributed by atoms with van der Waals surface area (Å²) in [6.45, 7) is 4.13. The fourth-order valence-corrected chi connectivity index (χ4v) is 3.74. The van der Waals surface area contributed by atoms with Crippen molar-refractivity contribution in [1.29, 1.82) is 0 Å². The van der Waals surface area contributed by atoms with Crippen molar-refractivity contribution in [3.63, 3.8) is 0 Å². The zero-order valence-electron chi connectivity index (χ0n) is 16.7. The topological polar surface area (TPSA) is 66.2 Å². The molecule has 6 nitrogen and oxygen atoms in total. The number of benzene rings is 2. The Morgan fingerprint density at radius 1 is 0.833 bits per heavy atom. The Bertz CT molecular complexity index is 809. The maximum absolute atomic E-state index is 13.3. The highest BCUT2D eigenvalue weighted by molar-refractivity contribution is 6.63. The Balaban J connectivity index is 1.22. The number of fused-ring (bicyclic) bond motifs is 2. The van der Waals surface area contributed by atoms with Crippen LogP contribution in [0.2, 0.25) is 0 Å². The number of hydrogen-bond donors (Lipinski definition) is 1. The summed E-state index contributed by atoms with van der Waals surface area (Å²) in [6, 6.07) is 9.21. The first-order valence-corrected chi connectivity index (χ1v) is 10.1. The van der Waals surface area contributed by atoms with Crippen molar-refractivity contribution in [2.75, 3.05) is 39.4 Å². The summed E-state index contributed by atoms with van der Waals surface area (Å²) in [5.41, 5.74) is 9.12. The van der Waals surface area contributed by atoms with Crippen LogP contribution in [0.4, 0.5) is 8.78 Å². The number of rotatable bonds is 10. The molecule has 2 aliphatic rings. The molecule has 0 aromatic heterocycles. The van der Waals surface area contributed by atoms with E-state index < -0.39 is 14.2 Å². The van der Waals surface area contributed by atoms with E-state index in [0.717, 1.165) is 22.1 Å². The van der Waals surface area contributed by atoms with Gasteiger partial charge in [-0.25, -0.2) is 8.78 Å². The van der Waals surface area contributed by atoms with Gasteiger partial charge >= 0.3 is 14.2 Å². The molecule has 0 saturated carbocycles. The Morgan fingerprint density at radius 2 is 1.33 bits per heavy atom. The largest absolute Gasteiger partial charge is 0.494 e. The molecule has 0 saturated heterocycles. The van der Waals surface area contributed by atoms with Crippen molar-refractivity contribution in [1.82, 2.24) is 4.90 Å². The van der Waals surface area contributed by atoms with Gasteiger partial charge in [-0.1, -0.05) is 12.1 Å². The molecule has 2 heterocycles. The van der Waals surface area contributed by atoms with Gasteiger partial charge in [0.2, 0.25) is 0 Å². The van der Waals surface area contributed by atoms with Crippen LogP contribution in [0.15, 0.2) is 36.4 Å². The second kappa shape index (κ2) is 10.00. The minimum atomic E-state index is -0.472. The lowest BCUT2D eigenvalue weighted by atomic mass is 9.79. The van der Waals surface area contributed by atoms with Crippen molar-refractivity contribution in [2.24, 2.45) is 5.73 Å². The van der Waals surface area contributed by atoms with Gasteiger partial charge < -0.3 is 24.4 Å². The molecule has 0 fully saturated rings. The van der Waals surface area contributed by atoms with E-state index in [2.05, 4.69) is 4.90 Å². The van der Waals surface area contributed by atoms with Crippen LogP contribution in [-0.2, 0) is 31.8 Å². The average Bonchev–Trinajstić information content (AvgIpc) is 3.31. The van der Waals surface area contributed by atoms with E-state index >= 15 is 0 Å². The molecular weight excluding hydrogens is 392 g/mol. The molecule has 10 heteroatoms. The Morgan fingerprint density at radius 3 is 1.80 bits per heavy atom. The molecule has 2 aliphatic heterocycles. The SMILES string of the molecule is NCCN(CCOB1OCc2cc(F)ccc21)CCOB1OCc2cc(F)ccc21. The Kier molecular flexibility index (Phi) is 7.14. The van der Waals surface area contributed by atoms with Gasteiger partial charge in [-0.2, -0.15) is 0 Å². The van der Waals surface area contributed by atoms with E-state index in [-0.39, 0.29) is 11.6 Å². The smallest absolute Gasteiger partial charge is 0.406 e. The van der Waals surface area contributed by atoms with E-state index in [9.17, 15) is 8.78 Å². The van der Waals surface area contributed by atoms with Crippen molar-refractivity contribution in [3.8, 4) is 0 Å². The minimum absolute atomic E-state index is 0.272. The lowest BCUT2D eigenvalue weighted by Gasteiger charge is -2.22. The van der Waals surface area contributed by atoms with Crippen molar-refractivity contribution in [3.05, 3.63) is 59.2 Å². The van der Waals surface area contributed by atoms with E-state index in [0.29, 0.717) is 52.6 Å². The molecule has 0 unspecified atom stereocenters. The second-order valence-electron chi connectivity index (χ2n) is 7.34. The van der Waals surface area contributed by atoms with Crippen LogP contribution < -0.4 is 16.7 Å². The van der Waals surface area contributed by atoms with Crippen LogP contribution >= 0.6 is 0 Å². The first-order chi connectivity index (χ1) is 14.6. The maximum atomic E-state index is 13.3. The highest BCUT2D eigenvalue weighted by Gasteiger charge is 2.32. The maximum Gasteiger partial charge on any atom is 0.494 e. The zero-order valence-corrected chi connectivity index (χ0v) is 16.7. The van der Waals surface area contributed by atoms with Crippen LogP contribution in [0.1, 0.15) is 11.1 Å². The predicted octanol–water partition coefficient (Wildman–Crippen LogP) is 0.410. The molecule has 0 bridgehead atoms. The first kappa shape index (κ1) is 21.4. The normalized spacial score (nSPS) is 15.2. The van der Waals surface area contributed by atoms with Gasteiger partial charge in [0.15, 0.2) is 0 Å². The molecule has 2 aromatic carbocycles. The number of halogens is 2. The van der Waals surface area contributed by atoms with E-state index in [1.54, 1.807) is 12.1 Å². The Hall–Kier alpha value is -1.81. The van der Waals surface area contributed by atoms with Crippen LogP contribution in [0.5, 0.6) is 0 Å². The summed E-state index contributed by atoms with van der Waals surface area (Å²) in [4.78, 5) is 2.14. The highest BCUT2D eigenvalue weighted by atomic mass is 19.1. The zero-order chi connectivity index (χ0) is 20.9. The second-order valence-corrected chi connectivity index (χ2v) is 7.34. The number of nitrogens with zero attached hydrogens (tertiary/aromatic N) is 1. The first-order valence-electron chi connectivity index (χ1n) is 10.1. The van der Waals surface area contributed by atoms with Crippen molar-refractivity contribution < 1.29 is 27.4 Å². The van der Waals surface area contributed by atoms with Crippen LogP contribution in [0.25, 0.3) is 0 Å². The van der Waals surface area contributed by atoms with Crippen LogP contribution in [0, 0.1) is 11.6 Å². The van der Waals surface area contributed by atoms with Gasteiger partial charge in [-0.15, -0.1) is 0 Å². The number of hydrogen-bond acceptors (Lipinski definition) is 6. The third kappa shape index (κ3) is 5.08. The Labute approximate surface area is 175 Å². The third-order valence-corrected chi connectivity index (χ3v) is 5.30. The predicted molar refractivity (Wildman–Crippen MR) is 111 cm³/mol. The summed E-state index contributed by atoms with van der Waals surface area (Å²) < 4.78 is 49.6. The monoisotopic (exact) mass is 416 g/mol. The van der Waals surface area contributed by atoms with Gasteiger partial charge in [-0.05, 0) is 46.3 Å². The minimum Gasteiger partial charge on any atom is -0.406 e. The molecule has 158 valence electrons. The van der Waals surface area contributed by atoms with Gasteiger partial charge in [0.05, 0.1) is 13.2 Å². The third-order valence-electron chi connectivity index (χ3n) is 5.30. The van der Waals surface area contributed by atoms with Gasteiger partial charge in [0, 0.05) is 39.4 Å². The molecule has 2 N–H and O–H groups in total. The average molecular weight is 416 g/mol. The van der Waals surface area contributed by atoms with Gasteiger partial charge in [-0.3, -0.25) is 4.90 Å². The van der Waals surface area contributed by atoms with E-state index in [1.807, 2.05) is 0 Å². The van der Waals surface area contributed by atoms with Crippen molar-refractivity contribution >= 4 is 25.2 Å². The van der Waals surface area contributed by atoms with Crippen molar-refractivity contribution in [2.45, 2.75) is 13.2 Å². The van der Waals surface area contributed by atoms with E-state index in [1.165, 1.54) is 24.3 Å². The fourth-order valence-electron chi connectivity index (χ4n) is 3.74. The summed E-state index contributed by atoms with van der Waals surface area (Å²) in [5, 5.41) is 0. The standard InChI is InChI=1S/C20H24B2F2N2O4/c23-17-1-3-19-15(11-17)13-29-21(19)27-9-7-26(6-5-25)8-10-28-22-20-4-2-18(24)12-16(20)14-30-22/h1-4,11-12H,5-10,13-14,25H2. The summed E-state index contributed by atoms with van der Waals surface area (Å²) in [5.74, 6) is -0.544. The lowest BCUT2D eigenvalue weighted by molar-refractivity contribution is 0.146. The number of nitrogens with two attached hydrogens (primary N) is 1. The molecule has 0 spiro atoms. The molecule has 0 atom stereocenters. The van der Waals surface area contributed by atoms with E-state index in [4.69, 9.17) is 24.4 Å². The van der Waals surface area contributed by atoms with Gasteiger partial charge in [0.1, 0.15) is 11.6 Å². The molecule has 2 aromatic rings. The molecule has 4 rings (SSSR count). The molecule has 0 aliphatic carbocycles.